The van der Waals surface area contributed by atoms with Gasteiger partial charge in [0.15, 0.2) is 0 Å². The SMILES string of the molecule is CCC(C)NC(NC(C)CC)N(C)C. The quantitative estimate of drug-likeness (QED) is 0.613. The fourth-order valence-corrected chi connectivity index (χ4v) is 1.12. The molecule has 0 spiro atoms. The van der Waals surface area contributed by atoms with E-state index in [-0.39, 0.29) is 6.29 Å². The summed E-state index contributed by atoms with van der Waals surface area (Å²) in [6, 6.07) is 1.11. The van der Waals surface area contributed by atoms with Crippen LogP contribution in [0.4, 0.5) is 0 Å². The molecule has 0 radical (unpaired) electrons. The minimum Gasteiger partial charge on any atom is -0.287 e. The van der Waals surface area contributed by atoms with Gasteiger partial charge in [0.05, 0.1) is 0 Å². The largest absolute Gasteiger partial charge is 0.287 e. The minimum absolute atomic E-state index is 0.278. The highest BCUT2D eigenvalue weighted by molar-refractivity contribution is 4.69. The van der Waals surface area contributed by atoms with Gasteiger partial charge in [-0.25, -0.2) is 0 Å². The number of rotatable bonds is 7. The van der Waals surface area contributed by atoms with Gasteiger partial charge in [-0.15, -0.1) is 0 Å². The van der Waals surface area contributed by atoms with Crippen LogP contribution in [0.2, 0.25) is 0 Å². The van der Waals surface area contributed by atoms with Crippen LogP contribution in [-0.4, -0.2) is 37.4 Å². The van der Waals surface area contributed by atoms with E-state index in [2.05, 4.69) is 57.3 Å². The van der Waals surface area contributed by atoms with Crippen molar-refractivity contribution >= 4 is 0 Å². The second kappa shape index (κ2) is 7.21. The average molecular weight is 201 g/mol. The van der Waals surface area contributed by atoms with Gasteiger partial charge in [0.2, 0.25) is 0 Å². The molecule has 2 N–H and O–H groups in total. The van der Waals surface area contributed by atoms with Crippen LogP contribution in [0.1, 0.15) is 40.5 Å². The Morgan fingerprint density at radius 1 is 0.929 bits per heavy atom. The third kappa shape index (κ3) is 5.58. The highest BCUT2D eigenvalue weighted by Gasteiger charge is 2.14. The fraction of sp³-hybridized carbons (Fsp3) is 1.00. The molecule has 0 aliphatic heterocycles. The predicted octanol–water partition coefficient (Wildman–Crippen LogP) is 1.61. The summed E-state index contributed by atoms with van der Waals surface area (Å²) in [7, 11) is 4.19. The van der Waals surface area contributed by atoms with Crippen molar-refractivity contribution in [1.82, 2.24) is 15.5 Å². The van der Waals surface area contributed by atoms with Gasteiger partial charge in [0, 0.05) is 12.1 Å². The van der Waals surface area contributed by atoms with E-state index in [4.69, 9.17) is 0 Å². The number of nitrogens with zero attached hydrogens (tertiary/aromatic N) is 1. The Kier molecular flexibility index (Phi) is 7.15. The number of hydrogen-bond acceptors (Lipinski definition) is 3. The normalized spacial score (nSPS) is 18.2. The summed E-state index contributed by atoms with van der Waals surface area (Å²) in [5, 5.41) is 7.09. The van der Waals surface area contributed by atoms with Gasteiger partial charge in [-0.1, -0.05) is 13.8 Å². The Morgan fingerprint density at radius 2 is 1.29 bits per heavy atom. The van der Waals surface area contributed by atoms with Crippen molar-refractivity contribution in [3.05, 3.63) is 0 Å². The Bertz CT molecular complexity index is 124. The lowest BCUT2D eigenvalue weighted by atomic mass is 10.2. The molecule has 0 heterocycles. The highest BCUT2D eigenvalue weighted by Crippen LogP contribution is 1.96. The van der Waals surface area contributed by atoms with Crippen molar-refractivity contribution in [2.45, 2.75) is 58.9 Å². The Balaban J connectivity index is 4.02. The lowest BCUT2D eigenvalue weighted by Crippen LogP contribution is -2.56. The Hall–Kier alpha value is -0.120. The van der Waals surface area contributed by atoms with Crippen molar-refractivity contribution in [2.75, 3.05) is 14.1 Å². The molecule has 0 saturated carbocycles. The fourth-order valence-electron chi connectivity index (χ4n) is 1.12. The van der Waals surface area contributed by atoms with Crippen molar-refractivity contribution in [3.63, 3.8) is 0 Å². The molecule has 3 nitrogen and oxygen atoms in total. The molecule has 86 valence electrons. The molecule has 0 aromatic heterocycles. The summed E-state index contributed by atoms with van der Waals surface area (Å²) in [5.41, 5.74) is 0. The maximum atomic E-state index is 3.55. The molecule has 0 saturated heterocycles. The van der Waals surface area contributed by atoms with E-state index in [1.54, 1.807) is 0 Å². The van der Waals surface area contributed by atoms with Crippen LogP contribution in [0.5, 0.6) is 0 Å². The molecule has 0 aliphatic carbocycles. The molecule has 3 heteroatoms. The molecule has 0 aliphatic rings. The van der Waals surface area contributed by atoms with Crippen LogP contribution in [-0.2, 0) is 0 Å². The predicted molar refractivity (Wildman–Crippen MR) is 63.3 cm³/mol. The van der Waals surface area contributed by atoms with Crippen molar-refractivity contribution < 1.29 is 0 Å². The van der Waals surface area contributed by atoms with Crippen molar-refractivity contribution in [1.29, 1.82) is 0 Å². The maximum absolute atomic E-state index is 3.55. The summed E-state index contributed by atoms with van der Waals surface area (Å²) < 4.78 is 0. The van der Waals surface area contributed by atoms with Gasteiger partial charge in [-0.3, -0.25) is 15.5 Å². The molecule has 2 unspecified atom stereocenters. The van der Waals surface area contributed by atoms with E-state index >= 15 is 0 Å². The van der Waals surface area contributed by atoms with Gasteiger partial charge in [-0.05, 0) is 40.8 Å². The van der Waals surface area contributed by atoms with E-state index in [0.29, 0.717) is 12.1 Å². The highest BCUT2D eigenvalue weighted by atomic mass is 15.4. The minimum atomic E-state index is 0.278. The first-order valence-corrected chi connectivity index (χ1v) is 5.69. The first kappa shape index (κ1) is 13.9. The van der Waals surface area contributed by atoms with Gasteiger partial charge in [-0.2, -0.15) is 0 Å². The van der Waals surface area contributed by atoms with E-state index < -0.39 is 0 Å². The van der Waals surface area contributed by atoms with E-state index in [1.165, 1.54) is 0 Å². The summed E-state index contributed by atoms with van der Waals surface area (Å²) in [6.45, 7) is 8.84. The second-order valence-electron chi connectivity index (χ2n) is 4.32. The van der Waals surface area contributed by atoms with E-state index in [0.717, 1.165) is 12.8 Å². The van der Waals surface area contributed by atoms with Crippen LogP contribution in [0.25, 0.3) is 0 Å². The molecule has 0 bridgehead atoms. The monoisotopic (exact) mass is 201 g/mol. The standard InChI is InChI=1S/C11H27N3/c1-7-9(3)12-11(14(5)6)13-10(4)8-2/h9-13H,7-8H2,1-6H3. The van der Waals surface area contributed by atoms with Crippen LogP contribution in [0.15, 0.2) is 0 Å². The molecule has 0 rings (SSSR count). The molecule has 0 fully saturated rings. The first-order valence-electron chi connectivity index (χ1n) is 5.69. The van der Waals surface area contributed by atoms with Crippen LogP contribution in [0.3, 0.4) is 0 Å². The lowest BCUT2D eigenvalue weighted by Gasteiger charge is -2.31. The summed E-state index contributed by atoms with van der Waals surface area (Å²) >= 11 is 0. The third-order valence-corrected chi connectivity index (χ3v) is 2.63. The second-order valence-corrected chi connectivity index (χ2v) is 4.32. The topological polar surface area (TPSA) is 27.3 Å². The van der Waals surface area contributed by atoms with Crippen LogP contribution >= 0.6 is 0 Å². The van der Waals surface area contributed by atoms with Gasteiger partial charge >= 0.3 is 0 Å². The van der Waals surface area contributed by atoms with E-state index in [9.17, 15) is 0 Å². The molecular weight excluding hydrogens is 174 g/mol. The molecule has 2 atom stereocenters. The zero-order valence-corrected chi connectivity index (χ0v) is 10.6. The Morgan fingerprint density at radius 3 is 1.50 bits per heavy atom. The number of nitrogens with one attached hydrogen (secondary N) is 2. The van der Waals surface area contributed by atoms with Gasteiger partial charge < -0.3 is 0 Å². The number of hydrogen-bond donors (Lipinski definition) is 2. The Labute approximate surface area is 89.2 Å². The molecule has 0 aromatic carbocycles. The van der Waals surface area contributed by atoms with Gasteiger partial charge in [0.25, 0.3) is 0 Å². The van der Waals surface area contributed by atoms with Crippen LogP contribution in [0, 0.1) is 0 Å². The third-order valence-electron chi connectivity index (χ3n) is 2.63. The van der Waals surface area contributed by atoms with Crippen molar-refractivity contribution in [2.24, 2.45) is 0 Å². The summed E-state index contributed by atoms with van der Waals surface area (Å²) in [6.07, 6.45) is 2.60. The zero-order chi connectivity index (χ0) is 11.1. The smallest absolute Gasteiger partial charge is 0.114 e. The zero-order valence-electron chi connectivity index (χ0n) is 10.6. The van der Waals surface area contributed by atoms with Gasteiger partial charge in [0.1, 0.15) is 6.29 Å². The molecular formula is C11H27N3. The molecule has 14 heavy (non-hydrogen) atoms. The lowest BCUT2D eigenvalue weighted by molar-refractivity contribution is 0.170. The van der Waals surface area contributed by atoms with Crippen LogP contribution < -0.4 is 10.6 Å². The summed E-state index contributed by atoms with van der Waals surface area (Å²) in [4.78, 5) is 2.18. The maximum Gasteiger partial charge on any atom is 0.114 e. The summed E-state index contributed by atoms with van der Waals surface area (Å²) in [5.74, 6) is 0. The molecule has 0 amide bonds. The average Bonchev–Trinajstić information content (AvgIpc) is 2.16. The molecule has 0 aromatic rings. The van der Waals surface area contributed by atoms with Crippen molar-refractivity contribution in [3.8, 4) is 0 Å². The first-order chi connectivity index (χ1) is 6.51. The van der Waals surface area contributed by atoms with E-state index in [1.807, 2.05) is 0 Å².